The van der Waals surface area contributed by atoms with Crippen molar-refractivity contribution in [3.63, 3.8) is 0 Å². The number of benzene rings is 2. The maximum absolute atomic E-state index is 11.9. The molecule has 5 nitrogen and oxygen atoms in total. The fourth-order valence-corrected chi connectivity index (χ4v) is 3.40. The van der Waals surface area contributed by atoms with E-state index in [-0.39, 0.29) is 4.90 Å². The maximum Gasteiger partial charge on any atom is 0.285 e. The van der Waals surface area contributed by atoms with Gasteiger partial charge in [-0.1, -0.05) is 23.7 Å². The normalized spacial score (nSPS) is 15.8. The number of hydrogen-bond donors (Lipinski definition) is 1. The molecule has 0 aromatic heterocycles. The van der Waals surface area contributed by atoms with Crippen LogP contribution in [0.5, 0.6) is 0 Å². The average Bonchev–Trinajstić information content (AvgIpc) is 2.46. The molecule has 2 aromatic rings. The quantitative estimate of drug-likeness (QED) is 0.863. The van der Waals surface area contributed by atoms with Gasteiger partial charge in [-0.3, -0.25) is 0 Å². The van der Waals surface area contributed by atoms with Crippen LogP contribution >= 0.6 is 11.6 Å². The molecule has 0 fully saturated rings. The predicted molar refractivity (Wildman–Crippen MR) is 84.2 cm³/mol. The number of para-hydroxylation sites is 1. The summed E-state index contributed by atoms with van der Waals surface area (Å²) in [6.45, 7) is 0.389. The predicted octanol–water partition coefficient (Wildman–Crippen LogP) is 2.66. The van der Waals surface area contributed by atoms with Gasteiger partial charge in [0.25, 0.3) is 10.0 Å². The third kappa shape index (κ3) is 2.59. The highest BCUT2D eigenvalue weighted by molar-refractivity contribution is 7.90. The number of nitrogen functional groups attached to an aromatic ring is 1. The van der Waals surface area contributed by atoms with Crippen molar-refractivity contribution in [3.8, 4) is 0 Å². The second kappa shape index (κ2) is 5.05. The molecule has 0 bridgehead atoms. The van der Waals surface area contributed by atoms with E-state index in [9.17, 15) is 8.42 Å². The van der Waals surface area contributed by atoms with E-state index in [1.54, 1.807) is 41.3 Å². The Morgan fingerprint density at radius 3 is 2.76 bits per heavy atom. The number of sulfonamides is 1. The van der Waals surface area contributed by atoms with Crippen molar-refractivity contribution in [2.75, 3.05) is 10.6 Å². The first kappa shape index (κ1) is 13.9. The van der Waals surface area contributed by atoms with Gasteiger partial charge in [-0.15, -0.1) is 4.40 Å². The summed E-state index contributed by atoms with van der Waals surface area (Å²) in [6.07, 6.45) is 1.30. The summed E-state index contributed by atoms with van der Waals surface area (Å²) in [5, 5.41) is 0.573. The van der Waals surface area contributed by atoms with Crippen LogP contribution in [0.3, 0.4) is 0 Å². The van der Waals surface area contributed by atoms with Gasteiger partial charge < -0.3 is 10.6 Å². The van der Waals surface area contributed by atoms with Crippen molar-refractivity contribution in [3.05, 3.63) is 53.1 Å². The molecular formula is C14H12ClN3O2S. The molecule has 0 unspecified atom stereocenters. The lowest BCUT2D eigenvalue weighted by atomic mass is 10.2. The first-order valence-corrected chi connectivity index (χ1v) is 7.99. The lowest BCUT2D eigenvalue weighted by Gasteiger charge is -2.25. The summed E-state index contributed by atoms with van der Waals surface area (Å²) in [6, 6.07) is 11.9. The summed E-state index contributed by atoms with van der Waals surface area (Å²) < 4.78 is 27.5. The zero-order valence-electron chi connectivity index (χ0n) is 10.9. The number of anilines is 2. The van der Waals surface area contributed by atoms with Gasteiger partial charge in [0, 0.05) is 10.7 Å². The van der Waals surface area contributed by atoms with Gasteiger partial charge >= 0.3 is 0 Å². The molecule has 1 heterocycles. The van der Waals surface area contributed by atoms with E-state index < -0.39 is 10.0 Å². The molecule has 7 heteroatoms. The number of fused-ring (bicyclic) bond motifs is 1. The van der Waals surface area contributed by atoms with Gasteiger partial charge in [0.15, 0.2) is 0 Å². The number of hydrogen-bond acceptors (Lipinski definition) is 4. The maximum atomic E-state index is 11.9. The molecule has 108 valence electrons. The molecule has 0 aliphatic carbocycles. The Morgan fingerprint density at radius 2 is 1.95 bits per heavy atom. The Hall–Kier alpha value is -2.05. The van der Waals surface area contributed by atoms with Crippen molar-refractivity contribution in [1.29, 1.82) is 0 Å². The highest BCUT2D eigenvalue weighted by atomic mass is 35.5. The fourth-order valence-electron chi connectivity index (χ4n) is 2.18. The molecule has 0 saturated carbocycles. The van der Waals surface area contributed by atoms with Crippen molar-refractivity contribution in [1.82, 2.24) is 0 Å². The van der Waals surface area contributed by atoms with E-state index in [4.69, 9.17) is 17.3 Å². The highest BCUT2D eigenvalue weighted by Crippen LogP contribution is 2.31. The molecule has 0 spiro atoms. The molecule has 2 aromatic carbocycles. The van der Waals surface area contributed by atoms with Crippen LogP contribution in [0.2, 0.25) is 5.02 Å². The summed E-state index contributed by atoms with van der Waals surface area (Å²) in [5.41, 5.74) is 7.74. The SMILES string of the molecule is Nc1ccc(Cl)c(CN2C=NS(=O)(=O)c3ccccc32)c1. The summed E-state index contributed by atoms with van der Waals surface area (Å²) >= 11 is 6.15. The zero-order valence-corrected chi connectivity index (χ0v) is 12.5. The zero-order chi connectivity index (χ0) is 15.0. The van der Waals surface area contributed by atoms with Crippen LogP contribution < -0.4 is 10.6 Å². The topological polar surface area (TPSA) is 75.8 Å². The van der Waals surface area contributed by atoms with Crippen LogP contribution in [0.25, 0.3) is 0 Å². The Morgan fingerprint density at radius 1 is 1.19 bits per heavy atom. The van der Waals surface area contributed by atoms with Gasteiger partial charge in [-0.05, 0) is 35.9 Å². The molecule has 21 heavy (non-hydrogen) atoms. The van der Waals surface area contributed by atoms with Crippen LogP contribution in [-0.2, 0) is 16.6 Å². The largest absolute Gasteiger partial charge is 0.399 e. The smallest absolute Gasteiger partial charge is 0.285 e. The van der Waals surface area contributed by atoms with E-state index in [1.807, 2.05) is 0 Å². The highest BCUT2D eigenvalue weighted by Gasteiger charge is 2.25. The Bertz CT molecular complexity index is 834. The lowest BCUT2D eigenvalue weighted by Crippen LogP contribution is -2.26. The molecule has 0 saturated heterocycles. The van der Waals surface area contributed by atoms with E-state index >= 15 is 0 Å². The third-order valence-corrected chi connectivity index (χ3v) is 4.83. The van der Waals surface area contributed by atoms with E-state index in [0.717, 1.165) is 5.56 Å². The summed E-state index contributed by atoms with van der Waals surface area (Å²) in [5.74, 6) is 0. The number of rotatable bonds is 2. The number of halogens is 1. The van der Waals surface area contributed by atoms with Crippen molar-refractivity contribution in [2.45, 2.75) is 11.4 Å². The van der Waals surface area contributed by atoms with Crippen molar-refractivity contribution < 1.29 is 8.42 Å². The molecule has 1 aliphatic heterocycles. The molecule has 2 N–H and O–H groups in total. The van der Waals surface area contributed by atoms with Gasteiger partial charge in [-0.2, -0.15) is 8.42 Å². The molecule has 1 aliphatic rings. The van der Waals surface area contributed by atoms with E-state index in [0.29, 0.717) is 22.9 Å². The van der Waals surface area contributed by atoms with Gasteiger partial charge in [0.2, 0.25) is 0 Å². The van der Waals surface area contributed by atoms with E-state index in [1.165, 1.54) is 12.4 Å². The van der Waals surface area contributed by atoms with Gasteiger partial charge in [-0.25, -0.2) is 0 Å². The van der Waals surface area contributed by atoms with Crippen LogP contribution in [0.15, 0.2) is 51.8 Å². The Labute approximate surface area is 127 Å². The Balaban J connectivity index is 2.03. The first-order chi connectivity index (χ1) is 9.97. The summed E-state index contributed by atoms with van der Waals surface area (Å²) in [4.78, 5) is 1.92. The van der Waals surface area contributed by atoms with Gasteiger partial charge in [0.05, 0.1) is 12.2 Å². The third-order valence-electron chi connectivity index (χ3n) is 3.19. The van der Waals surface area contributed by atoms with E-state index in [2.05, 4.69) is 4.40 Å². The molecule has 0 amide bonds. The fraction of sp³-hybridized carbons (Fsp3) is 0.0714. The molecule has 0 atom stereocenters. The van der Waals surface area contributed by atoms with Crippen molar-refractivity contribution >= 4 is 39.3 Å². The van der Waals surface area contributed by atoms with Crippen molar-refractivity contribution in [2.24, 2.45) is 4.40 Å². The summed E-state index contributed by atoms with van der Waals surface area (Å²) in [7, 11) is -3.62. The second-order valence-electron chi connectivity index (χ2n) is 4.64. The standard InChI is InChI=1S/C14H12ClN3O2S/c15-12-6-5-11(16)7-10(12)8-18-9-17-21(19,20)14-4-2-1-3-13(14)18/h1-7,9H,8,16H2. The second-order valence-corrected chi connectivity index (χ2v) is 6.65. The Kier molecular flexibility index (Phi) is 3.35. The lowest BCUT2D eigenvalue weighted by molar-refractivity contribution is 0.597. The van der Waals surface area contributed by atoms with Crippen LogP contribution in [0.1, 0.15) is 5.56 Å². The average molecular weight is 322 g/mol. The molecule has 3 rings (SSSR count). The number of nitrogens with two attached hydrogens (primary N) is 1. The first-order valence-electron chi connectivity index (χ1n) is 6.17. The van der Waals surface area contributed by atoms with Gasteiger partial charge in [0.1, 0.15) is 11.2 Å². The van der Waals surface area contributed by atoms with Crippen LogP contribution in [0, 0.1) is 0 Å². The minimum absolute atomic E-state index is 0.188. The monoisotopic (exact) mass is 321 g/mol. The van der Waals surface area contributed by atoms with Crippen LogP contribution in [-0.4, -0.2) is 14.8 Å². The van der Waals surface area contributed by atoms with Crippen LogP contribution in [0.4, 0.5) is 11.4 Å². The minimum Gasteiger partial charge on any atom is -0.399 e. The molecule has 0 radical (unpaired) electrons. The molecular weight excluding hydrogens is 310 g/mol. The number of nitrogens with zero attached hydrogens (tertiary/aromatic N) is 2. The minimum atomic E-state index is -3.62.